The highest BCUT2D eigenvalue weighted by Gasteiger charge is 2.08. The molecule has 0 radical (unpaired) electrons. The van der Waals surface area contributed by atoms with Crippen molar-refractivity contribution in [2.24, 2.45) is 0 Å². The molecular formula is C9H9N3O3. The zero-order chi connectivity index (χ0) is 11.4. The maximum Gasteiger partial charge on any atom is 0.269 e. The summed E-state index contributed by atoms with van der Waals surface area (Å²) in [6, 6.07) is 4.10. The van der Waals surface area contributed by atoms with E-state index in [2.05, 4.69) is 5.32 Å². The summed E-state index contributed by atoms with van der Waals surface area (Å²) in [5.74, 6) is -0.563. The Morgan fingerprint density at radius 1 is 1.60 bits per heavy atom. The largest absolute Gasteiger partial charge is 0.321 e. The number of non-ortho nitro benzene ring substituents is 1. The Kier molecular flexibility index (Phi) is 3.12. The lowest BCUT2D eigenvalue weighted by atomic mass is 10.2. The van der Waals surface area contributed by atoms with Crippen molar-refractivity contribution in [1.29, 1.82) is 5.41 Å². The SMILES string of the molecule is Cc1cc([N+](=O)[O-])ccc1NC(=O)C=N. The van der Waals surface area contributed by atoms with Gasteiger partial charge >= 0.3 is 0 Å². The Bertz CT molecular complexity index is 429. The monoisotopic (exact) mass is 207 g/mol. The van der Waals surface area contributed by atoms with Gasteiger partial charge in [0.1, 0.15) is 0 Å². The molecule has 0 aliphatic rings. The van der Waals surface area contributed by atoms with Crippen LogP contribution in [-0.2, 0) is 4.79 Å². The van der Waals surface area contributed by atoms with Crippen molar-refractivity contribution in [2.75, 3.05) is 5.32 Å². The van der Waals surface area contributed by atoms with Gasteiger partial charge in [-0.2, -0.15) is 0 Å². The lowest BCUT2D eigenvalue weighted by Gasteiger charge is -2.04. The van der Waals surface area contributed by atoms with E-state index in [9.17, 15) is 14.9 Å². The first kappa shape index (κ1) is 10.8. The molecule has 0 unspecified atom stereocenters. The molecule has 0 saturated heterocycles. The van der Waals surface area contributed by atoms with Gasteiger partial charge in [-0.3, -0.25) is 14.9 Å². The average Bonchev–Trinajstić information content (AvgIpc) is 2.20. The van der Waals surface area contributed by atoms with Crippen molar-refractivity contribution >= 4 is 23.5 Å². The third-order valence-corrected chi connectivity index (χ3v) is 1.81. The highest BCUT2D eigenvalue weighted by Crippen LogP contribution is 2.20. The quantitative estimate of drug-likeness (QED) is 0.446. The smallest absolute Gasteiger partial charge is 0.269 e. The molecule has 0 saturated carbocycles. The van der Waals surface area contributed by atoms with Crippen LogP contribution in [0, 0.1) is 22.4 Å². The van der Waals surface area contributed by atoms with E-state index in [0.717, 1.165) is 0 Å². The van der Waals surface area contributed by atoms with Crippen LogP contribution in [0.2, 0.25) is 0 Å². The van der Waals surface area contributed by atoms with Gasteiger partial charge in [0.25, 0.3) is 11.6 Å². The Hall–Kier alpha value is -2.24. The molecule has 0 aromatic heterocycles. The number of anilines is 1. The number of carbonyl (C=O) groups excluding carboxylic acids is 1. The van der Waals surface area contributed by atoms with E-state index in [1.807, 2.05) is 0 Å². The molecule has 0 bridgehead atoms. The third-order valence-electron chi connectivity index (χ3n) is 1.81. The molecule has 1 amide bonds. The fourth-order valence-corrected chi connectivity index (χ4v) is 1.07. The van der Waals surface area contributed by atoms with E-state index in [1.54, 1.807) is 6.92 Å². The molecule has 0 aliphatic carbocycles. The van der Waals surface area contributed by atoms with Gasteiger partial charge in [-0.05, 0) is 18.6 Å². The summed E-state index contributed by atoms with van der Waals surface area (Å²) in [7, 11) is 0. The van der Waals surface area contributed by atoms with E-state index >= 15 is 0 Å². The fourth-order valence-electron chi connectivity index (χ4n) is 1.07. The van der Waals surface area contributed by atoms with Crippen LogP contribution < -0.4 is 5.32 Å². The molecule has 6 nitrogen and oxygen atoms in total. The summed E-state index contributed by atoms with van der Waals surface area (Å²) in [4.78, 5) is 20.8. The van der Waals surface area contributed by atoms with Crippen molar-refractivity contribution < 1.29 is 9.72 Å². The van der Waals surface area contributed by atoms with Crippen molar-refractivity contribution in [2.45, 2.75) is 6.92 Å². The molecule has 0 spiro atoms. The molecular weight excluding hydrogens is 198 g/mol. The summed E-state index contributed by atoms with van der Waals surface area (Å²) >= 11 is 0. The van der Waals surface area contributed by atoms with Gasteiger partial charge in [0, 0.05) is 17.8 Å². The normalized spacial score (nSPS) is 9.40. The van der Waals surface area contributed by atoms with Gasteiger partial charge in [0.05, 0.1) is 11.1 Å². The minimum Gasteiger partial charge on any atom is -0.321 e. The number of amides is 1. The first-order chi connectivity index (χ1) is 7.04. The van der Waals surface area contributed by atoms with Gasteiger partial charge in [0.15, 0.2) is 0 Å². The molecule has 78 valence electrons. The Morgan fingerprint density at radius 2 is 2.27 bits per heavy atom. The maximum atomic E-state index is 10.9. The van der Waals surface area contributed by atoms with Crippen molar-refractivity contribution in [3.8, 4) is 0 Å². The number of hydrogen-bond acceptors (Lipinski definition) is 4. The number of nitro groups is 1. The van der Waals surface area contributed by atoms with Crippen LogP contribution in [0.5, 0.6) is 0 Å². The van der Waals surface area contributed by atoms with Crippen molar-refractivity contribution in [3.05, 3.63) is 33.9 Å². The van der Waals surface area contributed by atoms with Gasteiger partial charge in [-0.25, -0.2) is 0 Å². The van der Waals surface area contributed by atoms with Crippen LogP contribution in [-0.4, -0.2) is 17.0 Å². The molecule has 0 fully saturated rings. The van der Waals surface area contributed by atoms with Crippen molar-refractivity contribution in [3.63, 3.8) is 0 Å². The van der Waals surface area contributed by atoms with Gasteiger partial charge < -0.3 is 10.7 Å². The minimum atomic E-state index is -0.563. The Balaban J connectivity index is 2.98. The molecule has 1 aromatic rings. The number of hydrogen-bond donors (Lipinski definition) is 2. The van der Waals surface area contributed by atoms with Crippen LogP contribution >= 0.6 is 0 Å². The second-order valence-corrected chi connectivity index (χ2v) is 2.89. The first-order valence-corrected chi connectivity index (χ1v) is 4.11. The zero-order valence-corrected chi connectivity index (χ0v) is 7.98. The van der Waals surface area contributed by atoms with Crippen LogP contribution in [0.15, 0.2) is 18.2 Å². The molecule has 2 N–H and O–H groups in total. The molecule has 1 rings (SSSR count). The van der Waals surface area contributed by atoms with E-state index in [1.165, 1.54) is 18.2 Å². The number of nitro benzene ring substituents is 1. The average molecular weight is 207 g/mol. The van der Waals surface area contributed by atoms with Crippen LogP contribution in [0.1, 0.15) is 5.56 Å². The van der Waals surface area contributed by atoms with Crippen LogP contribution in [0.4, 0.5) is 11.4 Å². The number of benzene rings is 1. The Labute approximate surface area is 85.6 Å². The van der Waals surface area contributed by atoms with Crippen LogP contribution in [0.25, 0.3) is 0 Å². The van der Waals surface area contributed by atoms with E-state index in [0.29, 0.717) is 17.5 Å². The molecule has 0 heterocycles. The van der Waals surface area contributed by atoms with E-state index in [4.69, 9.17) is 5.41 Å². The molecule has 1 aromatic carbocycles. The second kappa shape index (κ2) is 4.32. The minimum absolute atomic E-state index is 0.0275. The standard InChI is InChI=1S/C9H9N3O3/c1-6-4-7(12(14)15)2-3-8(6)11-9(13)5-10/h2-5,10H,1H3,(H,11,13). The summed E-state index contributed by atoms with van der Waals surface area (Å²) < 4.78 is 0. The molecule has 15 heavy (non-hydrogen) atoms. The number of aryl methyl sites for hydroxylation is 1. The van der Waals surface area contributed by atoms with Crippen LogP contribution in [0.3, 0.4) is 0 Å². The number of nitrogens with one attached hydrogen (secondary N) is 2. The highest BCUT2D eigenvalue weighted by molar-refractivity contribution is 6.30. The molecule has 0 atom stereocenters. The van der Waals surface area contributed by atoms with Crippen molar-refractivity contribution in [1.82, 2.24) is 0 Å². The lowest BCUT2D eigenvalue weighted by Crippen LogP contribution is -2.12. The second-order valence-electron chi connectivity index (χ2n) is 2.89. The summed E-state index contributed by atoms with van der Waals surface area (Å²) in [5, 5.41) is 19.5. The van der Waals surface area contributed by atoms with Gasteiger partial charge in [-0.1, -0.05) is 0 Å². The van der Waals surface area contributed by atoms with E-state index in [-0.39, 0.29) is 5.69 Å². The summed E-state index contributed by atoms with van der Waals surface area (Å²) in [6.45, 7) is 1.65. The maximum absolute atomic E-state index is 10.9. The summed E-state index contributed by atoms with van der Waals surface area (Å²) in [5.41, 5.74) is 1.02. The number of rotatable bonds is 3. The van der Waals surface area contributed by atoms with Gasteiger partial charge in [-0.15, -0.1) is 0 Å². The first-order valence-electron chi connectivity index (χ1n) is 4.11. The number of nitrogens with zero attached hydrogens (tertiary/aromatic N) is 1. The zero-order valence-electron chi connectivity index (χ0n) is 7.98. The summed E-state index contributed by atoms with van der Waals surface area (Å²) in [6.07, 6.45) is 0.640. The van der Waals surface area contributed by atoms with E-state index < -0.39 is 10.8 Å². The highest BCUT2D eigenvalue weighted by atomic mass is 16.6. The predicted octanol–water partition coefficient (Wildman–Crippen LogP) is 1.49. The van der Waals surface area contributed by atoms with Gasteiger partial charge in [0.2, 0.25) is 0 Å². The predicted molar refractivity (Wildman–Crippen MR) is 55.2 cm³/mol. The lowest BCUT2D eigenvalue weighted by molar-refractivity contribution is -0.384. The fraction of sp³-hybridized carbons (Fsp3) is 0.111. The third kappa shape index (κ3) is 2.60. The molecule has 6 heteroatoms. The molecule has 0 aliphatic heterocycles. The number of carbonyl (C=O) groups is 1. The topological polar surface area (TPSA) is 96.1 Å². The Morgan fingerprint density at radius 3 is 2.73 bits per heavy atom.